The van der Waals surface area contributed by atoms with Gasteiger partial charge < -0.3 is 10.2 Å². The summed E-state index contributed by atoms with van der Waals surface area (Å²) in [5.74, 6) is 3.05. The molecule has 3 nitrogen and oxygen atoms in total. The number of fused-ring (bicyclic) bond motifs is 5. The molecule has 0 bridgehead atoms. The predicted molar refractivity (Wildman–Crippen MR) is 135 cm³/mol. The SMILES string of the molecule is O=C(Cc1cccc2ccccc12)Nc1cc2c3c(c1)[C@@H]1CCC[C@@H]1CN3C[C@@H]1CCC[C@H]21. The van der Waals surface area contributed by atoms with Gasteiger partial charge in [0.15, 0.2) is 0 Å². The Morgan fingerprint density at radius 1 is 0.848 bits per heavy atom. The second kappa shape index (κ2) is 7.62. The van der Waals surface area contributed by atoms with Crippen molar-refractivity contribution in [1.29, 1.82) is 0 Å². The Kier molecular flexibility index (Phi) is 4.53. The second-order valence-corrected chi connectivity index (χ2v) is 10.9. The van der Waals surface area contributed by atoms with Crippen LogP contribution in [0.4, 0.5) is 11.4 Å². The fourth-order valence-corrected chi connectivity index (χ4v) is 7.66. The van der Waals surface area contributed by atoms with Gasteiger partial charge >= 0.3 is 0 Å². The van der Waals surface area contributed by atoms with Gasteiger partial charge in [-0.1, -0.05) is 55.3 Å². The maximum absolute atomic E-state index is 13.2. The molecule has 1 N–H and O–H groups in total. The maximum Gasteiger partial charge on any atom is 0.228 e. The van der Waals surface area contributed by atoms with Crippen molar-refractivity contribution in [3.05, 3.63) is 71.3 Å². The first-order valence-electron chi connectivity index (χ1n) is 12.9. The molecule has 0 unspecified atom stereocenters. The van der Waals surface area contributed by atoms with E-state index in [4.69, 9.17) is 0 Å². The third-order valence-corrected chi connectivity index (χ3v) is 9.03. The number of nitrogens with zero attached hydrogens (tertiary/aromatic N) is 1. The van der Waals surface area contributed by atoms with E-state index in [2.05, 4.69) is 64.8 Å². The van der Waals surface area contributed by atoms with Crippen LogP contribution < -0.4 is 10.2 Å². The van der Waals surface area contributed by atoms with Crippen LogP contribution in [-0.2, 0) is 11.2 Å². The zero-order valence-electron chi connectivity index (χ0n) is 19.2. The minimum Gasteiger partial charge on any atom is -0.370 e. The number of anilines is 2. The molecule has 33 heavy (non-hydrogen) atoms. The van der Waals surface area contributed by atoms with E-state index in [-0.39, 0.29) is 5.91 Å². The van der Waals surface area contributed by atoms with Gasteiger partial charge in [0.25, 0.3) is 0 Å². The van der Waals surface area contributed by atoms with E-state index in [0.717, 1.165) is 23.1 Å². The molecule has 2 fully saturated rings. The van der Waals surface area contributed by atoms with Crippen LogP contribution in [-0.4, -0.2) is 19.0 Å². The first kappa shape index (κ1) is 19.6. The highest BCUT2D eigenvalue weighted by molar-refractivity contribution is 5.96. The number of carbonyl (C=O) groups is 1. The lowest BCUT2D eigenvalue weighted by atomic mass is 9.75. The first-order valence-corrected chi connectivity index (χ1v) is 12.9. The Morgan fingerprint density at radius 2 is 1.52 bits per heavy atom. The van der Waals surface area contributed by atoms with Crippen LogP contribution in [0.25, 0.3) is 10.8 Å². The van der Waals surface area contributed by atoms with Crippen molar-refractivity contribution in [2.75, 3.05) is 23.3 Å². The molecule has 2 aliphatic heterocycles. The molecule has 3 heteroatoms. The average Bonchev–Trinajstić information content (AvgIpc) is 3.49. The van der Waals surface area contributed by atoms with Gasteiger partial charge in [0.1, 0.15) is 0 Å². The Balaban J connectivity index is 1.23. The van der Waals surface area contributed by atoms with Crippen molar-refractivity contribution in [2.24, 2.45) is 11.8 Å². The van der Waals surface area contributed by atoms with E-state index in [1.165, 1.54) is 73.5 Å². The largest absolute Gasteiger partial charge is 0.370 e. The van der Waals surface area contributed by atoms with Gasteiger partial charge in [-0.15, -0.1) is 0 Å². The molecule has 0 saturated heterocycles. The number of hydrogen-bond acceptors (Lipinski definition) is 2. The highest BCUT2D eigenvalue weighted by Gasteiger charge is 2.44. The summed E-state index contributed by atoms with van der Waals surface area (Å²) >= 11 is 0. The van der Waals surface area contributed by atoms with Gasteiger partial charge in [-0.25, -0.2) is 0 Å². The van der Waals surface area contributed by atoms with Crippen molar-refractivity contribution >= 4 is 28.1 Å². The Bertz CT molecular complexity index is 1200. The van der Waals surface area contributed by atoms with Crippen LogP contribution >= 0.6 is 0 Å². The Morgan fingerprint density at radius 3 is 2.24 bits per heavy atom. The van der Waals surface area contributed by atoms with E-state index in [1.807, 2.05) is 0 Å². The molecule has 0 radical (unpaired) electrons. The fraction of sp³-hybridized carbons (Fsp3) is 0.433. The topological polar surface area (TPSA) is 32.3 Å². The fourth-order valence-electron chi connectivity index (χ4n) is 7.66. The Labute approximate surface area is 196 Å². The predicted octanol–water partition coefficient (Wildman–Crippen LogP) is 6.62. The Hall–Kier alpha value is -2.81. The van der Waals surface area contributed by atoms with E-state index >= 15 is 0 Å². The van der Waals surface area contributed by atoms with Crippen molar-refractivity contribution in [1.82, 2.24) is 0 Å². The molecule has 168 valence electrons. The van der Waals surface area contributed by atoms with Crippen molar-refractivity contribution in [3.8, 4) is 0 Å². The van der Waals surface area contributed by atoms with E-state index in [9.17, 15) is 4.79 Å². The molecule has 2 saturated carbocycles. The lowest BCUT2D eigenvalue weighted by Crippen LogP contribution is -2.43. The second-order valence-electron chi connectivity index (χ2n) is 10.9. The van der Waals surface area contributed by atoms with Gasteiger partial charge in [0.05, 0.1) is 6.42 Å². The molecular weight excluding hydrogens is 404 g/mol. The van der Waals surface area contributed by atoms with Crippen LogP contribution in [0.5, 0.6) is 0 Å². The van der Waals surface area contributed by atoms with Gasteiger partial charge in [-0.2, -0.15) is 0 Å². The molecule has 4 atom stereocenters. The quantitative estimate of drug-likeness (QED) is 0.500. The lowest BCUT2D eigenvalue weighted by molar-refractivity contribution is -0.115. The molecule has 2 heterocycles. The van der Waals surface area contributed by atoms with Crippen LogP contribution in [0.1, 0.15) is 67.1 Å². The summed E-state index contributed by atoms with van der Waals surface area (Å²) in [6.07, 6.45) is 8.46. The van der Waals surface area contributed by atoms with Gasteiger partial charge in [0, 0.05) is 24.5 Å². The van der Waals surface area contributed by atoms with E-state index in [0.29, 0.717) is 18.3 Å². The number of hydrogen-bond donors (Lipinski definition) is 1. The molecule has 1 amide bonds. The molecule has 4 aliphatic rings. The molecule has 0 spiro atoms. The van der Waals surface area contributed by atoms with Crippen molar-refractivity contribution < 1.29 is 4.79 Å². The first-order chi connectivity index (χ1) is 16.2. The third-order valence-electron chi connectivity index (χ3n) is 9.03. The minimum absolute atomic E-state index is 0.0907. The zero-order chi connectivity index (χ0) is 21.9. The molecule has 2 aliphatic carbocycles. The van der Waals surface area contributed by atoms with Crippen LogP contribution in [0.2, 0.25) is 0 Å². The summed E-state index contributed by atoms with van der Waals surface area (Å²) < 4.78 is 0. The number of carbonyl (C=O) groups excluding carboxylic acids is 1. The minimum atomic E-state index is 0.0907. The summed E-state index contributed by atoms with van der Waals surface area (Å²) in [6.45, 7) is 2.50. The number of benzene rings is 3. The molecular formula is C30H32N2O. The summed E-state index contributed by atoms with van der Waals surface area (Å²) in [5.41, 5.74) is 6.74. The van der Waals surface area contributed by atoms with Gasteiger partial charge in [0.2, 0.25) is 5.91 Å². The smallest absolute Gasteiger partial charge is 0.228 e. The summed E-state index contributed by atoms with van der Waals surface area (Å²) in [7, 11) is 0. The van der Waals surface area contributed by atoms with E-state index < -0.39 is 0 Å². The summed E-state index contributed by atoms with van der Waals surface area (Å²) in [6, 6.07) is 19.3. The van der Waals surface area contributed by atoms with Crippen LogP contribution in [0, 0.1) is 11.8 Å². The number of rotatable bonds is 3. The summed E-state index contributed by atoms with van der Waals surface area (Å²) in [5, 5.41) is 5.69. The maximum atomic E-state index is 13.2. The number of nitrogens with one attached hydrogen (secondary N) is 1. The standard InChI is InChI=1S/C30H32N2O/c33-29(14-20-8-3-7-19-6-1-2-11-24(19)20)31-23-15-27-25-12-4-9-21(25)17-32-18-22-10-5-13-26(22)28(16-23)30(27)32/h1-3,6-8,11,15-16,21-22,25-26H,4-5,9-10,12-14,17-18H2,(H,31,33)/t21-,22+,25-,26+. The van der Waals surface area contributed by atoms with Crippen molar-refractivity contribution in [2.45, 2.75) is 56.8 Å². The average molecular weight is 437 g/mol. The highest BCUT2D eigenvalue weighted by Crippen LogP contribution is 2.56. The third kappa shape index (κ3) is 3.19. The summed E-state index contributed by atoms with van der Waals surface area (Å²) in [4.78, 5) is 15.9. The normalized spacial score (nSPS) is 27.2. The van der Waals surface area contributed by atoms with Crippen molar-refractivity contribution in [3.63, 3.8) is 0 Å². The molecule has 3 aromatic rings. The van der Waals surface area contributed by atoms with Gasteiger partial charge in [-0.05, 0) is 89.0 Å². The monoisotopic (exact) mass is 436 g/mol. The molecule has 0 aromatic heterocycles. The van der Waals surface area contributed by atoms with E-state index in [1.54, 1.807) is 5.69 Å². The molecule has 3 aromatic carbocycles. The van der Waals surface area contributed by atoms with Crippen LogP contribution in [0.3, 0.4) is 0 Å². The highest BCUT2D eigenvalue weighted by atomic mass is 16.1. The van der Waals surface area contributed by atoms with Gasteiger partial charge in [-0.3, -0.25) is 4.79 Å². The zero-order valence-corrected chi connectivity index (χ0v) is 19.2. The number of amides is 1. The van der Waals surface area contributed by atoms with Crippen LogP contribution in [0.15, 0.2) is 54.6 Å². The lowest BCUT2D eigenvalue weighted by Gasteiger charge is -2.46. The molecule has 7 rings (SSSR count).